The van der Waals surface area contributed by atoms with Crippen LogP contribution in [0.1, 0.15) is 5.56 Å². The molecule has 0 unspecified atom stereocenters. The zero-order valence-corrected chi connectivity index (χ0v) is 11.7. The summed E-state index contributed by atoms with van der Waals surface area (Å²) >= 11 is 8.20. The molecule has 2 rings (SSSR count). The Morgan fingerprint density at radius 1 is 1.12 bits per heavy atom. The maximum Gasteiger partial charge on any atom is 0.103 e. The van der Waals surface area contributed by atoms with E-state index < -0.39 is 0 Å². The molecule has 0 saturated carbocycles. The van der Waals surface area contributed by atoms with Crippen molar-refractivity contribution in [3.8, 4) is 6.07 Å². The van der Waals surface area contributed by atoms with Crippen LogP contribution in [0.15, 0.2) is 42.5 Å². The number of hydrogen-bond acceptors (Lipinski definition) is 2. The molecule has 0 fully saturated rings. The van der Waals surface area contributed by atoms with Gasteiger partial charge in [0, 0.05) is 9.26 Å². The first-order valence-electron chi connectivity index (χ1n) is 4.92. The number of rotatable bonds is 2. The van der Waals surface area contributed by atoms with Gasteiger partial charge in [-0.1, -0.05) is 17.7 Å². The van der Waals surface area contributed by atoms with Crippen LogP contribution in [0.3, 0.4) is 0 Å². The molecule has 0 radical (unpaired) electrons. The molecule has 2 aromatic rings. The van der Waals surface area contributed by atoms with Crippen LogP contribution in [-0.2, 0) is 0 Å². The topological polar surface area (TPSA) is 35.8 Å². The third-order valence-corrected chi connectivity index (χ3v) is 3.28. The van der Waals surface area contributed by atoms with E-state index in [2.05, 4.69) is 34.0 Å². The van der Waals surface area contributed by atoms with Crippen LogP contribution >= 0.6 is 34.2 Å². The summed E-state index contributed by atoms with van der Waals surface area (Å²) in [6, 6.07) is 15.4. The van der Waals surface area contributed by atoms with Crippen molar-refractivity contribution in [1.82, 2.24) is 0 Å². The molecule has 1 N–H and O–H groups in total. The zero-order valence-electron chi connectivity index (χ0n) is 8.74. The van der Waals surface area contributed by atoms with Crippen molar-refractivity contribution in [2.45, 2.75) is 0 Å². The summed E-state index contributed by atoms with van der Waals surface area (Å²) in [7, 11) is 0. The Balaban J connectivity index is 2.34. The Labute approximate surface area is 118 Å². The van der Waals surface area contributed by atoms with Gasteiger partial charge in [-0.3, -0.25) is 0 Å². The number of nitrogens with zero attached hydrogens (tertiary/aromatic N) is 1. The highest BCUT2D eigenvalue weighted by molar-refractivity contribution is 14.1. The van der Waals surface area contributed by atoms with Gasteiger partial charge in [-0.25, -0.2) is 0 Å². The Morgan fingerprint density at radius 3 is 2.47 bits per heavy atom. The van der Waals surface area contributed by atoms with Crippen molar-refractivity contribution in [3.63, 3.8) is 0 Å². The highest BCUT2D eigenvalue weighted by Crippen LogP contribution is 2.26. The van der Waals surface area contributed by atoms with E-state index in [1.807, 2.05) is 36.4 Å². The van der Waals surface area contributed by atoms with Gasteiger partial charge < -0.3 is 5.32 Å². The normalized spacial score (nSPS) is 9.71. The summed E-state index contributed by atoms with van der Waals surface area (Å²) in [5, 5.41) is 12.7. The minimum atomic E-state index is 0.461. The number of benzene rings is 2. The maximum atomic E-state index is 9.05. The lowest BCUT2D eigenvalue weighted by molar-refractivity contribution is 1.46. The average Bonchev–Trinajstić information content (AvgIpc) is 2.32. The van der Waals surface area contributed by atoms with E-state index in [0.29, 0.717) is 10.6 Å². The van der Waals surface area contributed by atoms with Gasteiger partial charge in [0.25, 0.3) is 0 Å². The van der Waals surface area contributed by atoms with Crippen molar-refractivity contribution in [2.75, 3.05) is 5.32 Å². The summed E-state index contributed by atoms with van der Waals surface area (Å²) < 4.78 is 1.17. The number of halogens is 2. The Morgan fingerprint density at radius 2 is 1.82 bits per heavy atom. The molecule has 0 aliphatic rings. The molecular formula is C13H8ClIN2. The Kier molecular flexibility index (Phi) is 3.87. The van der Waals surface area contributed by atoms with Crippen molar-refractivity contribution < 1.29 is 0 Å². The zero-order chi connectivity index (χ0) is 12.3. The molecule has 84 valence electrons. The molecule has 17 heavy (non-hydrogen) atoms. The van der Waals surface area contributed by atoms with E-state index in [-0.39, 0.29) is 0 Å². The van der Waals surface area contributed by atoms with Crippen LogP contribution < -0.4 is 5.32 Å². The SMILES string of the molecule is N#Cc1c(Cl)cccc1Nc1ccc(I)cc1. The van der Waals surface area contributed by atoms with E-state index in [4.69, 9.17) is 16.9 Å². The fourth-order valence-corrected chi connectivity index (χ4v) is 2.01. The quantitative estimate of drug-likeness (QED) is 0.803. The maximum absolute atomic E-state index is 9.05. The second-order valence-electron chi connectivity index (χ2n) is 3.41. The number of anilines is 2. The van der Waals surface area contributed by atoms with Gasteiger partial charge in [0.15, 0.2) is 0 Å². The Bertz CT molecular complexity index is 573. The molecule has 0 aliphatic heterocycles. The molecule has 0 bridgehead atoms. The number of nitriles is 1. The van der Waals surface area contributed by atoms with E-state index >= 15 is 0 Å². The van der Waals surface area contributed by atoms with Crippen molar-refractivity contribution in [1.29, 1.82) is 5.26 Å². The highest BCUT2D eigenvalue weighted by atomic mass is 127. The van der Waals surface area contributed by atoms with E-state index in [1.54, 1.807) is 6.07 Å². The fraction of sp³-hybridized carbons (Fsp3) is 0. The fourth-order valence-electron chi connectivity index (χ4n) is 1.43. The van der Waals surface area contributed by atoms with Gasteiger partial charge in [0.05, 0.1) is 16.3 Å². The van der Waals surface area contributed by atoms with Crippen LogP contribution in [0.4, 0.5) is 11.4 Å². The van der Waals surface area contributed by atoms with Gasteiger partial charge in [0.2, 0.25) is 0 Å². The predicted molar refractivity (Wildman–Crippen MR) is 78.6 cm³/mol. The second kappa shape index (κ2) is 5.39. The number of nitrogens with one attached hydrogen (secondary N) is 1. The molecule has 2 nitrogen and oxygen atoms in total. The monoisotopic (exact) mass is 354 g/mol. The van der Waals surface area contributed by atoms with Crippen molar-refractivity contribution >= 4 is 45.6 Å². The molecule has 0 saturated heterocycles. The van der Waals surface area contributed by atoms with Crippen LogP contribution in [-0.4, -0.2) is 0 Å². The first-order valence-corrected chi connectivity index (χ1v) is 6.37. The van der Waals surface area contributed by atoms with Gasteiger partial charge in [-0.2, -0.15) is 5.26 Å². The first kappa shape index (κ1) is 12.2. The summed E-state index contributed by atoms with van der Waals surface area (Å²) in [4.78, 5) is 0. The molecule has 0 heterocycles. The van der Waals surface area contributed by atoms with E-state index in [0.717, 1.165) is 11.4 Å². The lowest BCUT2D eigenvalue weighted by Gasteiger charge is -2.09. The third kappa shape index (κ3) is 2.90. The average molecular weight is 355 g/mol. The minimum Gasteiger partial charge on any atom is -0.354 e. The van der Waals surface area contributed by atoms with Crippen LogP contribution in [0.25, 0.3) is 0 Å². The molecule has 4 heteroatoms. The third-order valence-electron chi connectivity index (χ3n) is 2.25. The van der Waals surface area contributed by atoms with Crippen LogP contribution in [0.2, 0.25) is 5.02 Å². The second-order valence-corrected chi connectivity index (χ2v) is 5.06. The molecule has 0 amide bonds. The Hall–Kier alpha value is -1.25. The largest absolute Gasteiger partial charge is 0.354 e. The molecule has 0 aromatic heterocycles. The van der Waals surface area contributed by atoms with E-state index in [9.17, 15) is 0 Å². The lowest BCUT2D eigenvalue weighted by atomic mass is 10.2. The number of hydrogen-bond donors (Lipinski definition) is 1. The van der Waals surface area contributed by atoms with Crippen LogP contribution in [0, 0.1) is 14.9 Å². The van der Waals surface area contributed by atoms with Crippen molar-refractivity contribution in [2.24, 2.45) is 0 Å². The van der Waals surface area contributed by atoms with Gasteiger partial charge in [-0.05, 0) is 59.0 Å². The minimum absolute atomic E-state index is 0.461. The molecular weight excluding hydrogens is 347 g/mol. The summed E-state index contributed by atoms with van der Waals surface area (Å²) in [5.41, 5.74) is 2.12. The van der Waals surface area contributed by atoms with Crippen molar-refractivity contribution in [3.05, 3.63) is 56.6 Å². The summed E-state index contributed by atoms with van der Waals surface area (Å²) in [6.45, 7) is 0. The molecule has 2 aromatic carbocycles. The predicted octanol–water partition coefficient (Wildman–Crippen LogP) is 4.56. The first-order chi connectivity index (χ1) is 8.20. The smallest absolute Gasteiger partial charge is 0.103 e. The standard InChI is InChI=1S/C13H8ClIN2/c14-12-2-1-3-13(11(12)8-16)17-10-6-4-9(15)5-7-10/h1-7,17H. The lowest BCUT2D eigenvalue weighted by Crippen LogP contribution is -1.94. The molecule has 0 spiro atoms. The summed E-state index contributed by atoms with van der Waals surface area (Å²) in [5.74, 6) is 0. The van der Waals surface area contributed by atoms with Gasteiger partial charge in [0.1, 0.15) is 6.07 Å². The van der Waals surface area contributed by atoms with E-state index in [1.165, 1.54) is 3.57 Å². The van der Waals surface area contributed by atoms with Crippen LogP contribution in [0.5, 0.6) is 0 Å². The summed E-state index contributed by atoms with van der Waals surface area (Å²) in [6.07, 6.45) is 0. The van der Waals surface area contributed by atoms with Gasteiger partial charge in [-0.15, -0.1) is 0 Å². The van der Waals surface area contributed by atoms with Gasteiger partial charge >= 0.3 is 0 Å². The molecule has 0 atom stereocenters. The molecule has 0 aliphatic carbocycles. The highest BCUT2D eigenvalue weighted by Gasteiger charge is 2.05.